The lowest BCUT2D eigenvalue weighted by molar-refractivity contribution is -0.119. The molecule has 0 bridgehead atoms. The highest BCUT2D eigenvalue weighted by Gasteiger charge is 2.35. The van der Waals surface area contributed by atoms with Crippen molar-refractivity contribution in [3.8, 4) is 0 Å². The van der Waals surface area contributed by atoms with Gasteiger partial charge >= 0.3 is 0 Å². The maximum absolute atomic E-state index is 13.4. The number of halogens is 2. The van der Waals surface area contributed by atoms with Crippen LogP contribution in [0.5, 0.6) is 0 Å². The topological polar surface area (TPSA) is 20.3 Å². The number of carbonyl (C=O) groups excluding carboxylic acids is 1. The Bertz CT molecular complexity index is 1290. The number of fused-ring (bicyclic) bond motifs is 3. The van der Waals surface area contributed by atoms with Crippen LogP contribution in [0.4, 0.5) is 5.69 Å². The number of aryl methyl sites for hydroxylation is 1. The highest BCUT2D eigenvalue weighted by Crippen LogP contribution is 2.47. The fourth-order valence-corrected chi connectivity index (χ4v) is 5.32. The molecule has 1 atom stereocenters. The first-order valence-electron chi connectivity index (χ1n) is 10.3. The highest BCUT2D eigenvalue weighted by atomic mass is 35.5. The molecule has 0 aliphatic carbocycles. The third kappa shape index (κ3) is 3.60. The third-order valence-electron chi connectivity index (χ3n) is 6.04. The molecule has 0 radical (unpaired) electrons. The van der Waals surface area contributed by atoms with Crippen LogP contribution < -0.4 is 4.90 Å². The smallest absolute Gasteiger partial charge is 0.228 e. The minimum Gasteiger partial charge on any atom is -0.308 e. The Morgan fingerprint density at radius 3 is 2.39 bits per heavy atom. The summed E-state index contributed by atoms with van der Waals surface area (Å²) in [5.74, 6) is -0.117. The van der Waals surface area contributed by atoms with Gasteiger partial charge in [0.05, 0.1) is 6.54 Å². The van der Waals surface area contributed by atoms with Crippen LogP contribution in [0.3, 0.4) is 0 Å². The normalized spacial score (nSPS) is 15.9. The number of rotatable bonds is 3. The Labute approximate surface area is 192 Å². The number of hydrogen-bond donors (Lipinski definition) is 0. The summed E-state index contributed by atoms with van der Waals surface area (Å²) in [6.07, 6.45) is 0.330. The van der Waals surface area contributed by atoms with Gasteiger partial charge in [0, 0.05) is 28.1 Å². The monoisotopic (exact) mass is 445 g/mol. The van der Waals surface area contributed by atoms with Gasteiger partial charge in [0.15, 0.2) is 0 Å². The van der Waals surface area contributed by atoms with E-state index in [0.717, 1.165) is 33.2 Å². The van der Waals surface area contributed by atoms with Crippen molar-refractivity contribution in [2.24, 2.45) is 0 Å². The van der Waals surface area contributed by atoms with E-state index < -0.39 is 0 Å². The van der Waals surface area contributed by atoms with E-state index in [1.807, 2.05) is 41.3 Å². The molecule has 1 aliphatic heterocycles. The molecule has 0 spiro atoms. The Kier molecular flexibility index (Phi) is 5.21. The van der Waals surface area contributed by atoms with Gasteiger partial charge in [-0.25, -0.2) is 0 Å². The van der Waals surface area contributed by atoms with E-state index in [4.69, 9.17) is 23.2 Å². The summed E-state index contributed by atoms with van der Waals surface area (Å²) in [6.45, 7) is 2.60. The fourth-order valence-electron chi connectivity index (χ4n) is 4.66. The first kappa shape index (κ1) is 20.1. The number of benzene rings is 4. The minimum atomic E-state index is -0.191. The number of carbonyl (C=O) groups is 1. The third-order valence-corrected chi connectivity index (χ3v) is 6.70. The van der Waals surface area contributed by atoms with Crippen LogP contribution in [0.25, 0.3) is 10.8 Å². The molecule has 0 aromatic heterocycles. The van der Waals surface area contributed by atoms with Crippen LogP contribution in [0.1, 0.15) is 34.6 Å². The molecule has 0 saturated carbocycles. The molecule has 1 amide bonds. The van der Waals surface area contributed by atoms with Gasteiger partial charge in [0.25, 0.3) is 0 Å². The van der Waals surface area contributed by atoms with Crippen LogP contribution in [-0.2, 0) is 11.3 Å². The SMILES string of the molecule is Cc1cccc(CN2C(=O)CC(c3c(Cl)cccc3Cl)c3c2ccc2ccccc32)c1. The summed E-state index contributed by atoms with van der Waals surface area (Å²) >= 11 is 13.2. The van der Waals surface area contributed by atoms with Crippen molar-refractivity contribution in [2.75, 3.05) is 4.90 Å². The second-order valence-corrected chi connectivity index (χ2v) is 8.89. The predicted molar refractivity (Wildman–Crippen MR) is 129 cm³/mol. The van der Waals surface area contributed by atoms with Crippen LogP contribution in [-0.4, -0.2) is 5.91 Å². The molecule has 1 aliphatic rings. The average molecular weight is 446 g/mol. The molecule has 4 heteroatoms. The maximum Gasteiger partial charge on any atom is 0.228 e. The Hall–Kier alpha value is -2.81. The second-order valence-electron chi connectivity index (χ2n) is 8.08. The van der Waals surface area contributed by atoms with Crippen molar-refractivity contribution in [1.82, 2.24) is 0 Å². The number of anilines is 1. The van der Waals surface area contributed by atoms with Gasteiger partial charge in [-0.15, -0.1) is 0 Å². The lowest BCUT2D eigenvalue weighted by Crippen LogP contribution is -2.36. The number of amides is 1. The number of nitrogens with zero attached hydrogens (tertiary/aromatic N) is 1. The van der Waals surface area contributed by atoms with Crippen molar-refractivity contribution in [1.29, 1.82) is 0 Å². The van der Waals surface area contributed by atoms with Gasteiger partial charge in [0.2, 0.25) is 5.91 Å². The summed E-state index contributed by atoms with van der Waals surface area (Å²) in [5.41, 5.74) is 5.16. The summed E-state index contributed by atoms with van der Waals surface area (Å²) in [7, 11) is 0. The molecule has 0 saturated heterocycles. The molecule has 0 N–H and O–H groups in total. The summed E-state index contributed by atoms with van der Waals surface area (Å²) in [5, 5.41) is 3.45. The van der Waals surface area contributed by atoms with Gasteiger partial charge < -0.3 is 4.90 Å². The zero-order chi connectivity index (χ0) is 21.5. The van der Waals surface area contributed by atoms with Crippen molar-refractivity contribution in [3.63, 3.8) is 0 Å². The first-order chi connectivity index (χ1) is 15.0. The molecule has 2 nitrogen and oxygen atoms in total. The van der Waals surface area contributed by atoms with Crippen LogP contribution in [0.15, 0.2) is 78.9 Å². The molecule has 154 valence electrons. The molecule has 0 fully saturated rings. The molecule has 1 unspecified atom stereocenters. The Morgan fingerprint density at radius 1 is 0.871 bits per heavy atom. The van der Waals surface area contributed by atoms with Crippen LogP contribution in [0, 0.1) is 6.92 Å². The summed E-state index contributed by atoms with van der Waals surface area (Å²) in [6, 6.07) is 26.3. The van der Waals surface area contributed by atoms with Crippen LogP contribution >= 0.6 is 23.2 Å². The quantitative estimate of drug-likeness (QED) is 0.319. The number of hydrogen-bond acceptors (Lipinski definition) is 1. The second kappa shape index (κ2) is 8.03. The average Bonchev–Trinajstić information content (AvgIpc) is 2.75. The van der Waals surface area contributed by atoms with E-state index in [9.17, 15) is 4.79 Å². The maximum atomic E-state index is 13.4. The predicted octanol–water partition coefficient (Wildman–Crippen LogP) is 7.52. The van der Waals surface area contributed by atoms with E-state index in [1.54, 1.807) is 0 Å². The lowest BCUT2D eigenvalue weighted by atomic mass is 9.81. The van der Waals surface area contributed by atoms with Gasteiger partial charge in [-0.3, -0.25) is 4.79 Å². The van der Waals surface area contributed by atoms with E-state index in [0.29, 0.717) is 23.0 Å². The van der Waals surface area contributed by atoms with E-state index in [1.165, 1.54) is 5.56 Å². The van der Waals surface area contributed by atoms with Gasteiger partial charge in [-0.1, -0.05) is 89.4 Å². The van der Waals surface area contributed by atoms with Gasteiger partial charge in [0.1, 0.15) is 0 Å². The molecule has 31 heavy (non-hydrogen) atoms. The van der Waals surface area contributed by atoms with Crippen molar-refractivity contribution in [2.45, 2.75) is 25.8 Å². The fraction of sp³-hybridized carbons (Fsp3) is 0.148. The summed E-state index contributed by atoms with van der Waals surface area (Å²) in [4.78, 5) is 15.3. The van der Waals surface area contributed by atoms with Crippen molar-refractivity contribution >= 4 is 45.6 Å². The van der Waals surface area contributed by atoms with Gasteiger partial charge in [-0.2, -0.15) is 0 Å². The molecular weight excluding hydrogens is 425 g/mol. The first-order valence-corrected chi connectivity index (χ1v) is 11.1. The molecule has 4 aromatic rings. The zero-order valence-electron chi connectivity index (χ0n) is 17.1. The van der Waals surface area contributed by atoms with E-state index in [-0.39, 0.29) is 11.8 Å². The standard InChI is InChI=1S/C27H21Cl2NO/c1-17-6-4-7-18(14-17)16-30-24-13-12-19-8-2-3-9-20(19)26(24)21(15-25(30)31)27-22(28)10-5-11-23(27)29/h2-14,21H,15-16H2,1H3. The largest absolute Gasteiger partial charge is 0.308 e. The van der Waals surface area contributed by atoms with Crippen molar-refractivity contribution in [3.05, 3.63) is 111 Å². The summed E-state index contributed by atoms with van der Waals surface area (Å²) < 4.78 is 0. The van der Waals surface area contributed by atoms with E-state index >= 15 is 0 Å². The molecular formula is C27H21Cl2NO. The van der Waals surface area contributed by atoms with Gasteiger partial charge in [-0.05, 0) is 52.6 Å². The molecule has 1 heterocycles. The molecule has 4 aromatic carbocycles. The molecule has 5 rings (SSSR count). The Balaban J connectivity index is 1.72. The van der Waals surface area contributed by atoms with Crippen molar-refractivity contribution < 1.29 is 4.79 Å². The lowest BCUT2D eigenvalue weighted by Gasteiger charge is -2.36. The zero-order valence-corrected chi connectivity index (χ0v) is 18.6. The highest BCUT2D eigenvalue weighted by molar-refractivity contribution is 6.36. The minimum absolute atomic E-state index is 0.0743. The van der Waals surface area contributed by atoms with E-state index in [2.05, 4.69) is 49.4 Å². The Morgan fingerprint density at radius 2 is 1.61 bits per heavy atom. The van der Waals surface area contributed by atoms with Crippen LogP contribution in [0.2, 0.25) is 10.0 Å².